The van der Waals surface area contributed by atoms with Crippen LogP contribution in [0.4, 0.5) is 8.78 Å². The van der Waals surface area contributed by atoms with Crippen LogP contribution in [0.25, 0.3) is 0 Å². The van der Waals surface area contributed by atoms with E-state index < -0.39 is 13.0 Å². The molecule has 0 radical (unpaired) electrons. The van der Waals surface area contributed by atoms with Crippen molar-refractivity contribution in [2.45, 2.75) is 18.9 Å². The van der Waals surface area contributed by atoms with E-state index in [9.17, 15) is 8.78 Å². The maximum atomic E-state index is 11.9. The normalized spacial score (nSPS) is 13.3. The van der Waals surface area contributed by atoms with Gasteiger partial charge in [0.05, 0.1) is 22.4 Å². The second kappa shape index (κ2) is 7.03. The zero-order valence-electron chi connectivity index (χ0n) is 9.79. The van der Waals surface area contributed by atoms with Crippen LogP contribution in [0.15, 0.2) is 10.7 Å². The smallest absolute Gasteiger partial charge is 0.261 e. The van der Waals surface area contributed by atoms with Crippen LogP contribution >= 0.6 is 15.9 Å². The Kier molecular flexibility index (Phi) is 6.01. The molecular weight excluding hydrogens is 296 g/mol. The topological polar surface area (TPSA) is 39.1 Å². The van der Waals surface area contributed by atoms with Gasteiger partial charge in [-0.15, -0.1) is 0 Å². The first-order valence-corrected chi connectivity index (χ1v) is 6.06. The molecule has 1 atom stereocenters. The van der Waals surface area contributed by atoms with Gasteiger partial charge < -0.3 is 10.1 Å². The number of rotatable bonds is 7. The Hall–Kier alpha value is -0.530. The van der Waals surface area contributed by atoms with Gasteiger partial charge in [-0.3, -0.25) is 4.68 Å². The van der Waals surface area contributed by atoms with Crippen LogP contribution in [0, 0.1) is 0 Å². The molecule has 98 valence electrons. The molecule has 1 aromatic rings. The van der Waals surface area contributed by atoms with Gasteiger partial charge in [0.15, 0.2) is 0 Å². The molecular formula is C10H16BrF2N3O. The van der Waals surface area contributed by atoms with E-state index in [1.165, 1.54) is 0 Å². The monoisotopic (exact) mass is 311 g/mol. The number of halogens is 3. The van der Waals surface area contributed by atoms with E-state index in [-0.39, 0.29) is 12.6 Å². The second-order valence-electron chi connectivity index (χ2n) is 3.60. The number of hydrogen-bond donors (Lipinski definition) is 1. The van der Waals surface area contributed by atoms with E-state index in [4.69, 9.17) is 4.74 Å². The lowest BCUT2D eigenvalue weighted by atomic mass is 10.1. The Labute approximate surface area is 107 Å². The first-order valence-electron chi connectivity index (χ1n) is 5.26. The van der Waals surface area contributed by atoms with E-state index in [1.807, 2.05) is 14.1 Å². The molecule has 0 saturated carbocycles. The van der Waals surface area contributed by atoms with Crippen LogP contribution in [-0.4, -0.2) is 36.5 Å². The quantitative estimate of drug-likeness (QED) is 0.784. The predicted molar refractivity (Wildman–Crippen MR) is 64.1 cm³/mol. The third kappa shape index (κ3) is 4.33. The number of nitrogens with zero attached hydrogens (tertiary/aromatic N) is 2. The molecule has 1 aromatic heterocycles. The highest BCUT2D eigenvalue weighted by molar-refractivity contribution is 9.10. The molecule has 0 aliphatic heterocycles. The van der Waals surface area contributed by atoms with Gasteiger partial charge in [-0.25, -0.2) is 8.78 Å². The van der Waals surface area contributed by atoms with Crippen molar-refractivity contribution in [2.75, 3.05) is 20.3 Å². The molecule has 4 nitrogen and oxygen atoms in total. The summed E-state index contributed by atoms with van der Waals surface area (Å²) in [6.45, 7) is -0.226. The van der Waals surface area contributed by atoms with Gasteiger partial charge in [0.25, 0.3) is 6.43 Å². The van der Waals surface area contributed by atoms with Gasteiger partial charge in [-0.2, -0.15) is 5.10 Å². The second-order valence-corrected chi connectivity index (χ2v) is 4.45. The summed E-state index contributed by atoms with van der Waals surface area (Å²) in [5.41, 5.74) is 0.980. The Morgan fingerprint density at radius 1 is 1.59 bits per heavy atom. The minimum atomic E-state index is -2.41. The summed E-state index contributed by atoms with van der Waals surface area (Å²) in [6.07, 6.45) is -0.0902. The van der Waals surface area contributed by atoms with E-state index in [0.717, 1.165) is 10.2 Å². The number of nitrogens with one attached hydrogen (secondary N) is 1. The maximum absolute atomic E-state index is 11.9. The zero-order chi connectivity index (χ0) is 12.8. The summed E-state index contributed by atoms with van der Waals surface area (Å²) >= 11 is 3.41. The number of hydrogen-bond acceptors (Lipinski definition) is 3. The fourth-order valence-corrected chi connectivity index (χ4v) is 2.23. The van der Waals surface area contributed by atoms with Crippen molar-refractivity contribution in [3.8, 4) is 0 Å². The highest BCUT2D eigenvalue weighted by atomic mass is 79.9. The summed E-state index contributed by atoms with van der Waals surface area (Å²) in [4.78, 5) is 0. The number of alkyl halides is 2. The standard InChI is InChI=1S/C10H16BrF2N3O/c1-14-8(3-4-17-6-9(12)13)10-7(11)5-15-16(10)2/h5,8-9,14H,3-4,6H2,1-2H3. The average molecular weight is 312 g/mol. The summed E-state index contributed by atoms with van der Waals surface area (Å²) in [6, 6.07) is 0.0227. The van der Waals surface area contributed by atoms with E-state index in [0.29, 0.717) is 6.42 Å². The molecule has 0 aliphatic carbocycles. The highest BCUT2D eigenvalue weighted by Gasteiger charge is 2.17. The third-order valence-electron chi connectivity index (χ3n) is 2.41. The Morgan fingerprint density at radius 2 is 2.29 bits per heavy atom. The van der Waals surface area contributed by atoms with Crippen LogP contribution < -0.4 is 5.32 Å². The number of aromatic nitrogens is 2. The van der Waals surface area contributed by atoms with E-state index >= 15 is 0 Å². The lowest BCUT2D eigenvalue weighted by molar-refractivity contribution is 0.0143. The SMILES string of the molecule is CNC(CCOCC(F)F)c1c(Br)cnn1C. The van der Waals surface area contributed by atoms with E-state index in [1.54, 1.807) is 10.9 Å². The van der Waals surface area contributed by atoms with Gasteiger partial charge in [0.2, 0.25) is 0 Å². The lowest BCUT2D eigenvalue weighted by Gasteiger charge is -2.17. The van der Waals surface area contributed by atoms with Crippen molar-refractivity contribution in [3.05, 3.63) is 16.4 Å². The highest BCUT2D eigenvalue weighted by Crippen LogP contribution is 2.24. The van der Waals surface area contributed by atoms with Crippen molar-refractivity contribution in [1.82, 2.24) is 15.1 Å². The first-order chi connectivity index (χ1) is 8.06. The molecule has 0 aromatic carbocycles. The molecule has 1 heterocycles. The van der Waals surface area contributed by atoms with Crippen LogP contribution in [0.5, 0.6) is 0 Å². The number of aryl methyl sites for hydroxylation is 1. The minimum Gasteiger partial charge on any atom is -0.375 e. The van der Waals surface area contributed by atoms with Crippen molar-refractivity contribution < 1.29 is 13.5 Å². The van der Waals surface area contributed by atoms with Crippen LogP contribution in [0.1, 0.15) is 18.2 Å². The fraction of sp³-hybridized carbons (Fsp3) is 0.700. The summed E-state index contributed by atoms with van der Waals surface area (Å²) < 4.78 is 31.3. The molecule has 7 heteroatoms. The van der Waals surface area contributed by atoms with Crippen molar-refractivity contribution in [1.29, 1.82) is 0 Å². The van der Waals surface area contributed by atoms with Gasteiger partial charge in [0.1, 0.15) is 6.61 Å². The minimum absolute atomic E-state index is 0.0227. The molecule has 1 rings (SSSR count). The van der Waals surface area contributed by atoms with Crippen molar-refractivity contribution in [3.63, 3.8) is 0 Å². The Bertz CT molecular complexity index is 327. The Morgan fingerprint density at radius 3 is 2.76 bits per heavy atom. The van der Waals surface area contributed by atoms with Crippen LogP contribution in [0.3, 0.4) is 0 Å². The molecule has 1 N–H and O–H groups in total. The third-order valence-corrected chi connectivity index (χ3v) is 3.02. The molecule has 1 unspecified atom stereocenters. The molecule has 0 amide bonds. The van der Waals surface area contributed by atoms with Crippen molar-refractivity contribution in [2.24, 2.45) is 7.05 Å². The van der Waals surface area contributed by atoms with E-state index in [2.05, 4.69) is 26.3 Å². The lowest BCUT2D eigenvalue weighted by Crippen LogP contribution is -2.22. The fourth-order valence-electron chi connectivity index (χ4n) is 1.60. The average Bonchev–Trinajstić information content (AvgIpc) is 2.60. The summed E-state index contributed by atoms with van der Waals surface area (Å²) in [7, 11) is 3.65. The predicted octanol–water partition coefficient (Wildman–Crippen LogP) is 2.11. The Balaban J connectivity index is 2.49. The van der Waals surface area contributed by atoms with Gasteiger partial charge in [-0.1, -0.05) is 0 Å². The van der Waals surface area contributed by atoms with Gasteiger partial charge in [0, 0.05) is 13.7 Å². The molecule has 0 saturated heterocycles. The maximum Gasteiger partial charge on any atom is 0.261 e. The van der Waals surface area contributed by atoms with Crippen LogP contribution in [0.2, 0.25) is 0 Å². The number of ether oxygens (including phenoxy) is 1. The molecule has 0 aliphatic rings. The first kappa shape index (κ1) is 14.5. The molecule has 17 heavy (non-hydrogen) atoms. The molecule has 0 fully saturated rings. The molecule has 0 spiro atoms. The van der Waals surface area contributed by atoms with Crippen LogP contribution in [-0.2, 0) is 11.8 Å². The summed E-state index contributed by atoms with van der Waals surface area (Å²) in [5.74, 6) is 0. The van der Waals surface area contributed by atoms with Gasteiger partial charge >= 0.3 is 0 Å². The molecule has 0 bridgehead atoms. The van der Waals surface area contributed by atoms with Crippen molar-refractivity contribution >= 4 is 15.9 Å². The zero-order valence-corrected chi connectivity index (χ0v) is 11.4. The largest absolute Gasteiger partial charge is 0.375 e. The summed E-state index contributed by atoms with van der Waals surface area (Å²) in [5, 5.41) is 7.23. The van der Waals surface area contributed by atoms with Gasteiger partial charge in [-0.05, 0) is 29.4 Å².